The molecule has 0 saturated carbocycles. The number of hydrogen-bond acceptors (Lipinski definition) is 5. The molecule has 1 rings (SSSR count). The fourth-order valence-electron chi connectivity index (χ4n) is 1.72. The molecule has 0 fully saturated rings. The molecule has 0 atom stereocenters. The number of nitrogens with one attached hydrogen (secondary N) is 1. The number of methoxy groups -OCH3 is 1. The van der Waals surface area contributed by atoms with Crippen molar-refractivity contribution in [1.29, 1.82) is 0 Å². The van der Waals surface area contributed by atoms with Gasteiger partial charge in [0.1, 0.15) is 0 Å². The highest BCUT2D eigenvalue weighted by Crippen LogP contribution is 2.28. The second-order valence-corrected chi connectivity index (χ2v) is 4.45. The predicted octanol–water partition coefficient (Wildman–Crippen LogP) is 1.08. The van der Waals surface area contributed by atoms with Gasteiger partial charge in [0.2, 0.25) is 5.91 Å². The Labute approximate surface area is 125 Å². The summed E-state index contributed by atoms with van der Waals surface area (Å²) in [5.41, 5.74) is 6.18. The largest absolute Gasteiger partial charge is 0.490 e. The molecule has 1 amide bonds. The zero-order chi connectivity index (χ0) is 15.5. The number of primary amides is 1. The van der Waals surface area contributed by atoms with Crippen molar-refractivity contribution in [2.45, 2.75) is 19.9 Å². The monoisotopic (exact) mass is 296 g/mol. The average molecular weight is 296 g/mol. The van der Waals surface area contributed by atoms with Crippen molar-refractivity contribution in [2.75, 3.05) is 33.5 Å². The Morgan fingerprint density at radius 1 is 1.24 bits per heavy atom. The van der Waals surface area contributed by atoms with Crippen LogP contribution in [0.25, 0.3) is 0 Å². The lowest BCUT2D eigenvalue weighted by atomic mass is 10.2. The van der Waals surface area contributed by atoms with E-state index in [9.17, 15) is 4.79 Å². The van der Waals surface area contributed by atoms with Gasteiger partial charge in [0.05, 0.1) is 26.2 Å². The number of carbonyl (C=O) groups excluding carboxylic acids is 1. The molecule has 0 unspecified atom stereocenters. The maximum atomic E-state index is 10.7. The third-order valence-corrected chi connectivity index (χ3v) is 2.73. The van der Waals surface area contributed by atoms with Gasteiger partial charge < -0.3 is 25.3 Å². The Hall–Kier alpha value is -1.79. The van der Waals surface area contributed by atoms with Crippen molar-refractivity contribution in [1.82, 2.24) is 5.32 Å². The summed E-state index contributed by atoms with van der Waals surface area (Å²) in [6, 6.07) is 5.74. The minimum Gasteiger partial charge on any atom is -0.490 e. The van der Waals surface area contributed by atoms with Crippen LogP contribution in [0.5, 0.6) is 11.5 Å². The molecule has 0 radical (unpaired) electrons. The zero-order valence-electron chi connectivity index (χ0n) is 12.7. The van der Waals surface area contributed by atoms with E-state index in [4.69, 9.17) is 19.9 Å². The van der Waals surface area contributed by atoms with Crippen molar-refractivity contribution in [3.63, 3.8) is 0 Å². The summed E-state index contributed by atoms with van der Waals surface area (Å²) in [4.78, 5) is 10.7. The van der Waals surface area contributed by atoms with Crippen molar-refractivity contribution < 1.29 is 19.0 Å². The quantitative estimate of drug-likeness (QED) is 0.597. The lowest BCUT2D eigenvalue weighted by molar-refractivity contribution is -0.118. The average Bonchev–Trinajstić information content (AvgIpc) is 2.45. The van der Waals surface area contributed by atoms with Gasteiger partial charge in [-0.2, -0.15) is 0 Å². The van der Waals surface area contributed by atoms with Crippen LogP contribution in [0.2, 0.25) is 0 Å². The molecule has 0 aliphatic carbocycles. The number of hydrogen-bond donors (Lipinski definition) is 2. The van der Waals surface area contributed by atoms with Crippen molar-refractivity contribution in [2.24, 2.45) is 5.73 Å². The molecule has 0 aliphatic heterocycles. The van der Waals surface area contributed by atoms with Crippen molar-refractivity contribution >= 4 is 5.91 Å². The van der Waals surface area contributed by atoms with Crippen LogP contribution in [0.1, 0.15) is 18.9 Å². The van der Waals surface area contributed by atoms with Gasteiger partial charge in [-0.25, -0.2) is 0 Å². The fraction of sp³-hybridized carbons (Fsp3) is 0.533. The van der Waals surface area contributed by atoms with Crippen LogP contribution in [0.4, 0.5) is 0 Å². The maximum Gasteiger partial charge on any atom is 0.220 e. The second kappa shape index (κ2) is 10.0. The van der Waals surface area contributed by atoms with Gasteiger partial charge in [-0.05, 0) is 24.6 Å². The summed E-state index contributed by atoms with van der Waals surface area (Å²) in [6.07, 6.45) is 0.186. The van der Waals surface area contributed by atoms with Crippen LogP contribution < -0.4 is 20.5 Å². The number of carbonyl (C=O) groups is 1. The molecule has 3 N–H and O–H groups in total. The topological polar surface area (TPSA) is 82.8 Å². The number of benzene rings is 1. The van der Waals surface area contributed by atoms with Crippen LogP contribution in [-0.2, 0) is 16.1 Å². The predicted molar refractivity (Wildman–Crippen MR) is 80.5 cm³/mol. The summed E-state index contributed by atoms with van der Waals surface area (Å²) in [5.74, 6) is 0.915. The Bertz CT molecular complexity index is 438. The highest BCUT2D eigenvalue weighted by atomic mass is 16.5. The van der Waals surface area contributed by atoms with E-state index in [2.05, 4.69) is 5.32 Å². The first kappa shape index (κ1) is 17.3. The first-order valence-corrected chi connectivity index (χ1v) is 7.03. The molecule has 0 spiro atoms. The molecule has 0 aliphatic rings. The van der Waals surface area contributed by atoms with Crippen LogP contribution in [0.3, 0.4) is 0 Å². The summed E-state index contributed by atoms with van der Waals surface area (Å²) in [5, 5.41) is 3.27. The van der Waals surface area contributed by atoms with Gasteiger partial charge in [0.25, 0.3) is 0 Å². The van der Waals surface area contributed by atoms with Crippen LogP contribution in [0.15, 0.2) is 18.2 Å². The highest BCUT2D eigenvalue weighted by Gasteiger charge is 2.07. The van der Waals surface area contributed by atoms with E-state index in [1.807, 2.05) is 25.1 Å². The lowest BCUT2D eigenvalue weighted by Gasteiger charge is -2.13. The molecule has 0 aromatic heterocycles. The standard InChI is InChI=1S/C15H24N2O4/c1-3-20-14-10-12(11-17-7-9-19-2)4-5-13(14)21-8-6-15(16)18/h4-5,10,17H,3,6-9,11H2,1-2H3,(H2,16,18). The molecule has 0 heterocycles. The van der Waals surface area contributed by atoms with Gasteiger partial charge in [-0.15, -0.1) is 0 Å². The summed E-state index contributed by atoms with van der Waals surface area (Å²) < 4.78 is 16.1. The van der Waals surface area contributed by atoms with E-state index in [-0.39, 0.29) is 18.9 Å². The minimum absolute atomic E-state index is 0.186. The van der Waals surface area contributed by atoms with Crippen molar-refractivity contribution in [3.05, 3.63) is 23.8 Å². The zero-order valence-corrected chi connectivity index (χ0v) is 12.7. The van der Waals surface area contributed by atoms with Crippen LogP contribution in [0, 0.1) is 0 Å². The van der Waals surface area contributed by atoms with Crippen LogP contribution >= 0.6 is 0 Å². The van der Waals surface area contributed by atoms with E-state index in [1.54, 1.807) is 7.11 Å². The minimum atomic E-state index is -0.382. The number of rotatable bonds is 11. The van der Waals surface area contributed by atoms with Gasteiger partial charge in [-0.1, -0.05) is 6.07 Å². The molecule has 0 saturated heterocycles. The molecule has 1 aromatic rings. The smallest absolute Gasteiger partial charge is 0.220 e. The van der Waals surface area contributed by atoms with E-state index < -0.39 is 0 Å². The third kappa shape index (κ3) is 6.97. The lowest BCUT2D eigenvalue weighted by Crippen LogP contribution is -2.18. The van der Waals surface area contributed by atoms with Gasteiger partial charge in [0, 0.05) is 20.2 Å². The molecule has 21 heavy (non-hydrogen) atoms. The second-order valence-electron chi connectivity index (χ2n) is 4.45. The Balaban J connectivity index is 2.60. The molecular formula is C15H24N2O4. The van der Waals surface area contributed by atoms with E-state index >= 15 is 0 Å². The number of amides is 1. The fourth-order valence-corrected chi connectivity index (χ4v) is 1.72. The van der Waals surface area contributed by atoms with E-state index in [0.717, 1.165) is 18.7 Å². The Morgan fingerprint density at radius 3 is 2.71 bits per heavy atom. The summed E-state index contributed by atoms with van der Waals surface area (Å²) in [6.45, 7) is 4.90. The molecule has 6 heteroatoms. The van der Waals surface area contributed by atoms with E-state index in [1.165, 1.54) is 0 Å². The first-order valence-electron chi connectivity index (χ1n) is 7.03. The van der Waals surface area contributed by atoms with Crippen LogP contribution in [-0.4, -0.2) is 39.4 Å². The maximum absolute atomic E-state index is 10.7. The van der Waals surface area contributed by atoms with Gasteiger partial charge >= 0.3 is 0 Å². The molecule has 6 nitrogen and oxygen atoms in total. The third-order valence-electron chi connectivity index (χ3n) is 2.73. The van der Waals surface area contributed by atoms with Gasteiger partial charge in [0.15, 0.2) is 11.5 Å². The van der Waals surface area contributed by atoms with Crippen molar-refractivity contribution in [3.8, 4) is 11.5 Å². The van der Waals surface area contributed by atoms with Gasteiger partial charge in [-0.3, -0.25) is 4.79 Å². The van der Waals surface area contributed by atoms with E-state index in [0.29, 0.717) is 24.7 Å². The molecule has 1 aromatic carbocycles. The highest BCUT2D eigenvalue weighted by molar-refractivity contribution is 5.73. The molecule has 0 bridgehead atoms. The molecule has 118 valence electrons. The number of nitrogens with two attached hydrogens (primary N) is 1. The number of ether oxygens (including phenoxy) is 3. The first-order chi connectivity index (χ1) is 10.2. The summed E-state index contributed by atoms with van der Waals surface area (Å²) >= 11 is 0. The molecular weight excluding hydrogens is 272 g/mol. The summed E-state index contributed by atoms with van der Waals surface area (Å²) in [7, 11) is 1.67. The Kier molecular flexibility index (Phi) is 8.23. The Morgan fingerprint density at radius 2 is 2.05 bits per heavy atom. The SMILES string of the molecule is CCOc1cc(CNCCOC)ccc1OCCC(N)=O. The normalized spacial score (nSPS) is 10.4.